The van der Waals surface area contributed by atoms with E-state index in [4.69, 9.17) is 5.73 Å². The quantitative estimate of drug-likeness (QED) is 0.918. The second-order valence-electron chi connectivity index (χ2n) is 6.26. The number of carbonyl (C=O) groups excluding carboxylic acids is 1. The van der Waals surface area contributed by atoms with E-state index in [1.807, 2.05) is 17.9 Å². The first-order valence-electron chi connectivity index (χ1n) is 7.17. The molecule has 1 amide bonds. The molecule has 1 aliphatic heterocycles. The topological polar surface area (TPSA) is 46.3 Å². The second kappa shape index (κ2) is 5.92. The van der Waals surface area contributed by atoms with Crippen LogP contribution in [0, 0.1) is 17.2 Å². The lowest BCUT2D eigenvalue weighted by Gasteiger charge is -2.24. The highest BCUT2D eigenvalue weighted by molar-refractivity contribution is 5.79. The lowest BCUT2D eigenvalue weighted by atomic mass is 9.90. The van der Waals surface area contributed by atoms with E-state index >= 15 is 0 Å². The summed E-state index contributed by atoms with van der Waals surface area (Å²) in [5.41, 5.74) is 6.68. The number of carbonyl (C=O) groups is 1. The summed E-state index contributed by atoms with van der Waals surface area (Å²) in [5.74, 6) is -0.234. The highest BCUT2D eigenvalue weighted by Gasteiger charge is 2.36. The Morgan fingerprint density at radius 1 is 1.55 bits per heavy atom. The maximum Gasteiger partial charge on any atom is 0.225 e. The molecule has 2 atom stereocenters. The number of rotatable bonds is 4. The summed E-state index contributed by atoms with van der Waals surface area (Å²) in [6, 6.07) is 6.46. The molecule has 1 saturated heterocycles. The molecule has 0 aliphatic carbocycles. The van der Waals surface area contributed by atoms with Crippen molar-refractivity contribution in [1.82, 2.24) is 4.90 Å². The van der Waals surface area contributed by atoms with E-state index in [-0.39, 0.29) is 23.1 Å². The fraction of sp³-hybridized carbons (Fsp3) is 0.562. The molecule has 110 valence electrons. The Morgan fingerprint density at radius 3 is 2.90 bits per heavy atom. The molecular formula is C16H23FN2O. The van der Waals surface area contributed by atoms with Crippen LogP contribution in [0.1, 0.15) is 25.8 Å². The number of nitrogens with two attached hydrogens (primary N) is 1. The minimum absolute atomic E-state index is 0.0498. The first-order valence-corrected chi connectivity index (χ1v) is 7.17. The van der Waals surface area contributed by atoms with Gasteiger partial charge in [-0.15, -0.1) is 0 Å². The fourth-order valence-electron chi connectivity index (χ4n) is 2.79. The van der Waals surface area contributed by atoms with Crippen LogP contribution in [0.4, 0.5) is 4.39 Å². The number of benzene rings is 1. The van der Waals surface area contributed by atoms with Crippen LogP contribution in [0.3, 0.4) is 0 Å². The van der Waals surface area contributed by atoms with E-state index in [1.165, 1.54) is 12.1 Å². The van der Waals surface area contributed by atoms with Gasteiger partial charge in [-0.3, -0.25) is 4.79 Å². The third kappa shape index (κ3) is 3.37. The molecule has 4 heteroatoms. The van der Waals surface area contributed by atoms with Gasteiger partial charge in [-0.25, -0.2) is 4.39 Å². The predicted octanol–water partition coefficient (Wildman–Crippen LogP) is 2.20. The van der Waals surface area contributed by atoms with Crippen molar-refractivity contribution >= 4 is 5.91 Å². The lowest BCUT2D eigenvalue weighted by molar-refractivity contribution is -0.134. The van der Waals surface area contributed by atoms with E-state index in [0.717, 1.165) is 25.1 Å². The Bertz CT molecular complexity index is 491. The molecule has 1 heterocycles. The monoisotopic (exact) mass is 278 g/mol. The third-order valence-corrected chi connectivity index (χ3v) is 4.21. The molecular weight excluding hydrogens is 255 g/mol. The van der Waals surface area contributed by atoms with Crippen LogP contribution < -0.4 is 5.73 Å². The highest BCUT2D eigenvalue weighted by atomic mass is 19.1. The van der Waals surface area contributed by atoms with E-state index < -0.39 is 0 Å². The van der Waals surface area contributed by atoms with Crippen molar-refractivity contribution in [3.63, 3.8) is 0 Å². The van der Waals surface area contributed by atoms with Gasteiger partial charge in [0, 0.05) is 19.0 Å². The number of amides is 1. The van der Waals surface area contributed by atoms with Crippen molar-refractivity contribution in [2.75, 3.05) is 19.6 Å². The second-order valence-corrected chi connectivity index (χ2v) is 6.26. The first-order chi connectivity index (χ1) is 9.43. The Labute approximate surface area is 120 Å². The number of likely N-dealkylation sites (tertiary alicyclic amines) is 1. The zero-order valence-electron chi connectivity index (χ0n) is 12.2. The molecule has 1 fully saturated rings. The van der Waals surface area contributed by atoms with Crippen LogP contribution in [0.15, 0.2) is 24.3 Å². The van der Waals surface area contributed by atoms with Gasteiger partial charge in [-0.1, -0.05) is 26.0 Å². The van der Waals surface area contributed by atoms with Crippen molar-refractivity contribution in [2.24, 2.45) is 17.1 Å². The number of halogens is 1. The molecule has 1 aliphatic rings. The predicted molar refractivity (Wildman–Crippen MR) is 77.6 cm³/mol. The summed E-state index contributed by atoms with van der Waals surface area (Å²) in [6.07, 6.45) is 1.54. The maximum absolute atomic E-state index is 13.2. The van der Waals surface area contributed by atoms with Crippen LogP contribution in [0.25, 0.3) is 0 Å². The molecule has 2 unspecified atom stereocenters. The van der Waals surface area contributed by atoms with E-state index in [0.29, 0.717) is 13.0 Å². The summed E-state index contributed by atoms with van der Waals surface area (Å²) in [6.45, 7) is 6.15. The Morgan fingerprint density at radius 2 is 2.30 bits per heavy atom. The molecule has 0 radical (unpaired) electrons. The van der Waals surface area contributed by atoms with Gasteiger partial charge < -0.3 is 10.6 Å². The van der Waals surface area contributed by atoms with Gasteiger partial charge in [0.2, 0.25) is 5.91 Å². The molecule has 0 saturated carbocycles. The van der Waals surface area contributed by atoms with Crippen LogP contribution in [0.5, 0.6) is 0 Å². The minimum atomic E-state index is -0.251. The molecule has 20 heavy (non-hydrogen) atoms. The summed E-state index contributed by atoms with van der Waals surface area (Å²) in [7, 11) is 0. The standard InChI is InChI=1S/C16H23FN2O/c1-12(8-13-4-3-5-14(17)9-13)15(20)19-7-6-16(2,10-18)11-19/h3-5,9,12H,6-8,10-11,18H2,1-2H3. The minimum Gasteiger partial charge on any atom is -0.342 e. The molecule has 2 N–H and O–H groups in total. The van der Waals surface area contributed by atoms with Crippen LogP contribution in [0.2, 0.25) is 0 Å². The summed E-state index contributed by atoms with van der Waals surface area (Å²) < 4.78 is 13.2. The molecule has 1 aromatic carbocycles. The van der Waals surface area contributed by atoms with Gasteiger partial charge in [0.15, 0.2) is 0 Å². The van der Waals surface area contributed by atoms with Gasteiger partial charge in [0.25, 0.3) is 0 Å². The van der Waals surface area contributed by atoms with Gasteiger partial charge in [-0.2, -0.15) is 0 Å². The smallest absolute Gasteiger partial charge is 0.225 e. The Balaban J connectivity index is 1.96. The number of hydrogen-bond donors (Lipinski definition) is 1. The number of hydrogen-bond acceptors (Lipinski definition) is 2. The van der Waals surface area contributed by atoms with E-state index in [1.54, 1.807) is 6.07 Å². The zero-order valence-corrected chi connectivity index (χ0v) is 12.2. The van der Waals surface area contributed by atoms with Gasteiger partial charge in [-0.05, 0) is 42.5 Å². The Kier molecular flexibility index (Phi) is 4.43. The van der Waals surface area contributed by atoms with Crippen molar-refractivity contribution in [3.05, 3.63) is 35.6 Å². The van der Waals surface area contributed by atoms with Crippen molar-refractivity contribution in [1.29, 1.82) is 0 Å². The zero-order chi connectivity index (χ0) is 14.8. The highest BCUT2D eigenvalue weighted by Crippen LogP contribution is 2.29. The van der Waals surface area contributed by atoms with Crippen LogP contribution >= 0.6 is 0 Å². The van der Waals surface area contributed by atoms with Gasteiger partial charge in [0.1, 0.15) is 5.82 Å². The SMILES string of the molecule is CC(Cc1cccc(F)c1)C(=O)N1CCC(C)(CN)C1. The largest absolute Gasteiger partial charge is 0.342 e. The summed E-state index contributed by atoms with van der Waals surface area (Å²) >= 11 is 0. The molecule has 0 aromatic heterocycles. The molecule has 0 spiro atoms. The fourth-order valence-corrected chi connectivity index (χ4v) is 2.79. The molecule has 2 rings (SSSR count). The average Bonchev–Trinajstić information content (AvgIpc) is 2.81. The number of nitrogens with zero attached hydrogens (tertiary/aromatic N) is 1. The molecule has 0 bridgehead atoms. The summed E-state index contributed by atoms with van der Waals surface area (Å²) in [4.78, 5) is 14.3. The normalized spacial score (nSPS) is 23.9. The van der Waals surface area contributed by atoms with Crippen LogP contribution in [-0.2, 0) is 11.2 Å². The molecule has 1 aromatic rings. The van der Waals surface area contributed by atoms with E-state index in [9.17, 15) is 9.18 Å². The maximum atomic E-state index is 13.2. The lowest BCUT2D eigenvalue weighted by Crippen LogP contribution is -2.37. The van der Waals surface area contributed by atoms with E-state index in [2.05, 4.69) is 6.92 Å². The average molecular weight is 278 g/mol. The third-order valence-electron chi connectivity index (χ3n) is 4.21. The van der Waals surface area contributed by atoms with Crippen molar-refractivity contribution in [2.45, 2.75) is 26.7 Å². The Hall–Kier alpha value is -1.42. The molecule has 3 nitrogen and oxygen atoms in total. The van der Waals surface area contributed by atoms with Crippen molar-refractivity contribution < 1.29 is 9.18 Å². The van der Waals surface area contributed by atoms with Crippen LogP contribution in [-0.4, -0.2) is 30.4 Å². The van der Waals surface area contributed by atoms with Gasteiger partial charge in [0.05, 0.1) is 0 Å². The van der Waals surface area contributed by atoms with Gasteiger partial charge >= 0.3 is 0 Å². The van der Waals surface area contributed by atoms with Crippen molar-refractivity contribution in [3.8, 4) is 0 Å². The first kappa shape index (κ1) is 15.0. The summed E-state index contributed by atoms with van der Waals surface area (Å²) in [5, 5.41) is 0.